The second-order valence-electron chi connectivity index (χ2n) is 6.81. The van der Waals surface area contributed by atoms with Gasteiger partial charge in [-0.1, -0.05) is 6.08 Å². The van der Waals surface area contributed by atoms with Crippen molar-refractivity contribution in [3.63, 3.8) is 0 Å². The quantitative estimate of drug-likeness (QED) is 0.693. The molecule has 1 saturated carbocycles. The number of rotatable bonds is 7. The molecular formula is C17H27FN2O4S. The number of allylic oxidation sites excluding steroid dienone is 4. The van der Waals surface area contributed by atoms with Gasteiger partial charge < -0.3 is 0 Å². The van der Waals surface area contributed by atoms with Gasteiger partial charge in [-0.05, 0) is 38.2 Å². The van der Waals surface area contributed by atoms with Gasteiger partial charge in [0.2, 0.25) is 0 Å². The number of nitrogens with one attached hydrogen (secondary N) is 1. The van der Waals surface area contributed by atoms with Crippen molar-refractivity contribution in [2.24, 2.45) is 5.92 Å². The zero-order chi connectivity index (χ0) is 18.6. The molecule has 0 aromatic rings. The maximum absolute atomic E-state index is 13.2. The number of ketones is 2. The molecule has 25 heavy (non-hydrogen) atoms. The number of hydrogen-bond acceptors (Lipinski definition) is 4. The van der Waals surface area contributed by atoms with Gasteiger partial charge in [-0.15, -0.1) is 0 Å². The molecule has 0 aromatic heterocycles. The third-order valence-electron chi connectivity index (χ3n) is 4.70. The molecule has 142 valence electrons. The van der Waals surface area contributed by atoms with Crippen LogP contribution in [0.2, 0.25) is 0 Å². The molecule has 1 fully saturated rings. The van der Waals surface area contributed by atoms with Gasteiger partial charge in [-0.25, -0.2) is 4.39 Å². The van der Waals surface area contributed by atoms with Gasteiger partial charge in [0.15, 0.2) is 5.78 Å². The minimum atomic E-state index is -3.48. The normalized spacial score (nSPS) is 24.6. The lowest BCUT2D eigenvalue weighted by Crippen LogP contribution is -2.44. The summed E-state index contributed by atoms with van der Waals surface area (Å²) >= 11 is 0. The number of hydrogen-bond donors (Lipinski definition) is 1. The fourth-order valence-electron chi connectivity index (χ4n) is 3.11. The molecule has 0 aromatic carbocycles. The van der Waals surface area contributed by atoms with Gasteiger partial charge in [0.05, 0.1) is 6.42 Å². The van der Waals surface area contributed by atoms with Gasteiger partial charge in [0, 0.05) is 39.5 Å². The lowest BCUT2D eigenvalue weighted by molar-refractivity contribution is -0.128. The van der Waals surface area contributed by atoms with E-state index in [2.05, 4.69) is 4.72 Å². The maximum atomic E-state index is 13.2. The van der Waals surface area contributed by atoms with E-state index < -0.39 is 10.2 Å². The highest BCUT2D eigenvalue weighted by Crippen LogP contribution is 2.27. The van der Waals surface area contributed by atoms with Gasteiger partial charge in [0.25, 0.3) is 10.2 Å². The van der Waals surface area contributed by atoms with Crippen molar-refractivity contribution in [2.75, 3.05) is 14.1 Å². The highest BCUT2D eigenvalue weighted by atomic mass is 32.2. The van der Waals surface area contributed by atoms with Gasteiger partial charge >= 0.3 is 0 Å². The fourth-order valence-corrected chi connectivity index (χ4v) is 3.98. The molecule has 0 unspecified atom stereocenters. The molecule has 0 spiro atoms. The van der Waals surface area contributed by atoms with Crippen LogP contribution in [0.3, 0.4) is 0 Å². The Kier molecular flexibility index (Phi) is 6.65. The number of nitrogens with zero attached hydrogens (tertiary/aromatic N) is 1. The zero-order valence-corrected chi connectivity index (χ0v) is 15.4. The summed E-state index contributed by atoms with van der Waals surface area (Å²) in [5, 5.41) is 0. The Bertz CT molecular complexity index is 696. The topological polar surface area (TPSA) is 83.6 Å². The van der Waals surface area contributed by atoms with Crippen LogP contribution < -0.4 is 4.72 Å². The Morgan fingerprint density at radius 2 is 1.92 bits per heavy atom. The minimum absolute atomic E-state index is 0. The van der Waals surface area contributed by atoms with Crippen molar-refractivity contribution >= 4 is 21.8 Å². The SMILES string of the molecule is CN(C)S(=O)(=O)NC1CCC(C(=O)CC(=O)C2=CCCC(F)=C2)CC1.[HH]. The standard InChI is InChI=1S/C17H25FN2O4S.H2/c1-20(2)25(23,24)19-15-8-6-12(7-9-15)16(21)11-17(22)13-4-3-5-14(18)10-13;/h4,10,12,15,19H,3,5-9,11H2,1-2H3;1H. The molecule has 2 aliphatic carbocycles. The summed E-state index contributed by atoms with van der Waals surface area (Å²) in [4.78, 5) is 24.4. The van der Waals surface area contributed by atoms with E-state index in [1.165, 1.54) is 20.2 Å². The van der Waals surface area contributed by atoms with E-state index in [0.717, 1.165) is 4.31 Å². The Hall–Kier alpha value is -1.38. The molecule has 0 radical (unpaired) electrons. The molecule has 0 heterocycles. The minimum Gasteiger partial charge on any atom is -0.299 e. The van der Waals surface area contributed by atoms with Crippen LogP contribution in [-0.4, -0.2) is 44.4 Å². The Morgan fingerprint density at radius 1 is 1.28 bits per heavy atom. The molecule has 0 amide bonds. The highest BCUT2D eigenvalue weighted by Gasteiger charge is 2.30. The smallest absolute Gasteiger partial charge is 0.279 e. The first kappa shape index (κ1) is 19.9. The molecule has 2 rings (SSSR count). The summed E-state index contributed by atoms with van der Waals surface area (Å²) in [6.07, 6.45) is 5.69. The van der Waals surface area contributed by atoms with E-state index in [9.17, 15) is 22.4 Å². The van der Waals surface area contributed by atoms with Gasteiger partial charge in [0.1, 0.15) is 11.6 Å². The van der Waals surface area contributed by atoms with Crippen LogP contribution in [0, 0.1) is 5.92 Å². The molecule has 8 heteroatoms. The Labute approximate surface area is 149 Å². The lowest BCUT2D eigenvalue weighted by Gasteiger charge is -2.29. The third kappa shape index (κ3) is 5.55. The van der Waals surface area contributed by atoms with Crippen LogP contribution >= 0.6 is 0 Å². The average Bonchev–Trinajstić information content (AvgIpc) is 2.55. The predicted molar refractivity (Wildman–Crippen MR) is 94.7 cm³/mol. The summed E-state index contributed by atoms with van der Waals surface area (Å²) in [5.74, 6) is -1.04. The van der Waals surface area contributed by atoms with E-state index in [1.54, 1.807) is 6.08 Å². The molecular weight excluding hydrogens is 347 g/mol. The second-order valence-corrected chi connectivity index (χ2v) is 8.73. The van der Waals surface area contributed by atoms with E-state index in [1.807, 2.05) is 0 Å². The number of carbonyl (C=O) groups is 2. The summed E-state index contributed by atoms with van der Waals surface area (Å²) in [7, 11) is -0.562. The number of carbonyl (C=O) groups excluding carboxylic acids is 2. The Balaban J connectivity index is 0.00000338. The monoisotopic (exact) mass is 374 g/mol. The van der Waals surface area contributed by atoms with Gasteiger partial charge in [-0.2, -0.15) is 17.4 Å². The summed E-state index contributed by atoms with van der Waals surface area (Å²) in [6.45, 7) is 0. The molecule has 0 atom stereocenters. The predicted octanol–water partition coefficient (Wildman–Crippen LogP) is 2.29. The van der Waals surface area contributed by atoms with E-state index in [0.29, 0.717) is 38.5 Å². The average molecular weight is 374 g/mol. The zero-order valence-electron chi connectivity index (χ0n) is 14.6. The van der Waals surface area contributed by atoms with Crippen molar-refractivity contribution < 1.29 is 23.8 Å². The van der Waals surface area contributed by atoms with Crippen molar-refractivity contribution in [3.05, 3.63) is 23.6 Å². The first-order valence-electron chi connectivity index (χ1n) is 8.51. The van der Waals surface area contributed by atoms with E-state index >= 15 is 0 Å². The molecule has 2 aliphatic rings. The first-order chi connectivity index (χ1) is 11.7. The summed E-state index contributed by atoms with van der Waals surface area (Å²) < 4.78 is 40.6. The fraction of sp³-hybridized carbons (Fsp3) is 0.647. The van der Waals surface area contributed by atoms with Gasteiger partial charge in [-0.3, -0.25) is 9.59 Å². The molecule has 1 N–H and O–H groups in total. The van der Waals surface area contributed by atoms with Crippen LogP contribution in [0.4, 0.5) is 4.39 Å². The van der Waals surface area contributed by atoms with Crippen LogP contribution in [0.1, 0.15) is 46.4 Å². The number of Topliss-reactive ketones (excluding diaryl/α,β-unsaturated/α-hetero) is 2. The summed E-state index contributed by atoms with van der Waals surface area (Å²) in [6, 6.07) is -0.190. The molecule has 0 saturated heterocycles. The molecule has 6 nitrogen and oxygen atoms in total. The van der Waals surface area contributed by atoms with Crippen LogP contribution in [-0.2, 0) is 19.8 Å². The van der Waals surface area contributed by atoms with Crippen molar-refractivity contribution in [1.29, 1.82) is 0 Å². The van der Waals surface area contributed by atoms with Crippen LogP contribution in [0.15, 0.2) is 23.6 Å². The second kappa shape index (κ2) is 8.33. The molecule has 0 bridgehead atoms. The largest absolute Gasteiger partial charge is 0.299 e. The summed E-state index contributed by atoms with van der Waals surface area (Å²) in [5.41, 5.74) is 0.282. The van der Waals surface area contributed by atoms with Crippen molar-refractivity contribution in [2.45, 2.75) is 51.0 Å². The number of halogens is 1. The maximum Gasteiger partial charge on any atom is 0.279 e. The van der Waals surface area contributed by atoms with E-state index in [4.69, 9.17) is 0 Å². The first-order valence-corrected chi connectivity index (χ1v) is 9.95. The van der Waals surface area contributed by atoms with Crippen molar-refractivity contribution in [1.82, 2.24) is 9.03 Å². The lowest BCUT2D eigenvalue weighted by atomic mass is 9.82. The van der Waals surface area contributed by atoms with Crippen molar-refractivity contribution in [3.8, 4) is 0 Å². The third-order valence-corrected chi connectivity index (χ3v) is 6.29. The van der Waals surface area contributed by atoms with Crippen LogP contribution in [0.25, 0.3) is 0 Å². The molecule has 0 aliphatic heterocycles. The Morgan fingerprint density at radius 3 is 2.48 bits per heavy atom. The van der Waals surface area contributed by atoms with E-state index in [-0.39, 0.29) is 42.8 Å². The highest BCUT2D eigenvalue weighted by molar-refractivity contribution is 7.87. The van der Waals surface area contributed by atoms with Crippen LogP contribution in [0.5, 0.6) is 0 Å².